The zero-order chi connectivity index (χ0) is 17.0. The van der Waals surface area contributed by atoms with Crippen LogP contribution < -0.4 is 10.6 Å². The van der Waals surface area contributed by atoms with Crippen LogP contribution in [0.3, 0.4) is 0 Å². The fourth-order valence-electron chi connectivity index (χ4n) is 2.83. The van der Waals surface area contributed by atoms with Crippen LogP contribution in [-0.2, 0) is 11.8 Å². The van der Waals surface area contributed by atoms with E-state index in [0.717, 1.165) is 41.2 Å². The van der Waals surface area contributed by atoms with E-state index >= 15 is 0 Å². The third-order valence-corrected chi connectivity index (χ3v) is 5.54. The summed E-state index contributed by atoms with van der Waals surface area (Å²) in [5.41, 5.74) is 2.72. The van der Waals surface area contributed by atoms with Gasteiger partial charge in [0.2, 0.25) is 0 Å². The van der Waals surface area contributed by atoms with Crippen LogP contribution in [0, 0.1) is 6.92 Å². The van der Waals surface area contributed by atoms with Crippen molar-refractivity contribution in [3.05, 3.63) is 50.9 Å². The van der Waals surface area contributed by atoms with Crippen LogP contribution in [0.4, 0.5) is 0 Å². The van der Waals surface area contributed by atoms with Gasteiger partial charge in [0.25, 0.3) is 0 Å². The van der Waals surface area contributed by atoms with Gasteiger partial charge in [-0.05, 0) is 37.5 Å². The molecule has 1 aliphatic carbocycles. The summed E-state index contributed by atoms with van der Waals surface area (Å²) in [6.45, 7) is 3.76. The fourth-order valence-corrected chi connectivity index (χ4v) is 3.60. The van der Waals surface area contributed by atoms with Gasteiger partial charge >= 0.3 is 0 Å². The molecule has 0 unspecified atom stereocenters. The Kier molecular flexibility index (Phi) is 7.51. The van der Waals surface area contributed by atoms with Crippen molar-refractivity contribution in [3.63, 3.8) is 0 Å². The Morgan fingerprint density at radius 3 is 2.56 bits per heavy atom. The van der Waals surface area contributed by atoms with Gasteiger partial charge in [0.1, 0.15) is 0 Å². The summed E-state index contributed by atoms with van der Waals surface area (Å²) in [5.74, 6) is 0.849. The van der Waals surface area contributed by atoms with Gasteiger partial charge in [-0.15, -0.1) is 35.3 Å². The molecule has 1 aromatic carbocycles. The molecule has 0 atom stereocenters. The molecule has 1 aromatic heterocycles. The second-order valence-electron chi connectivity index (χ2n) is 6.25. The number of aryl methyl sites for hydroxylation is 1. The van der Waals surface area contributed by atoms with Crippen molar-refractivity contribution in [1.29, 1.82) is 0 Å². The molecule has 136 valence electrons. The largest absolute Gasteiger partial charge is 0.356 e. The summed E-state index contributed by atoms with van der Waals surface area (Å²) >= 11 is 7.69. The Morgan fingerprint density at radius 2 is 2.00 bits per heavy atom. The van der Waals surface area contributed by atoms with Crippen LogP contribution in [-0.4, -0.2) is 31.1 Å². The zero-order valence-corrected chi connectivity index (χ0v) is 18.4. The van der Waals surface area contributed by atoms with Crippen LogP contribution >= 0.6 is 46.9 Å². The molecule has 2 aromatic rings. The number of thiazole rings is 1. The third-order valence-electron chi connectivity index (χ3n) is 4.47. The SMILES string of the molecule is CN=C(NCCc1csc(C)n1)NCC1(c2ccc(Cl)cc2)CC1.I. The van der Waals surface area contributed by atoms with E-state index < -0.39 is 0 Å². The van der Waals surface area contributed by atoms with Crippen LogP contribution in [0.5, 0.6) is 0 Å². The summed E-state index contributed by atoms with van der Waals surface area (Å²) in [7, 11) is 1.81. The Bertz CT molecular complexity index is 710. The molecule has 0 spiro atoms. The maximum atomic E-state index is 5.99. The summed E-state index contributed by atoms with van der Waals surface area (Å²) in [4.78, 5) is 8.80. The molecule has 0 amide bonds. The third kappa shape index (κ3) is 5.56. The van der Waals surface area contributed by atoms with Crippen LogP contribution in [0.25, 0.3) is 0 Å². The topological polar surface area (TPSA) is 49.3 Å². The van der Waals surface area contributed by atoms with Crippen molar-refractivity contribution in [2.24, 2.45) is 4.99 Å². The van der Waals surface area contributed by atoms with Crippen LogP contribution in [0.15, 0.2) is 34.6 Å². The molecule has 1 fully saturated rings. The predicted molar refractivity (Wildman–Crippen MR) is 118 cm³/mol. The highest BCUT2D eigenvalue weighted by molar-refractivity contribution is 14.0. The van der Waals surface area contributed by atoms with E-state index in [9.17, 15) is 0 Å². The van der Waals surface area contributed by atoms with Gasteiger partial charge in [-0.25, -0.2) is 4.98 Å². The number of aromatic nitrogens is 1. The van der Waals surface area contributed by atoms with Crippen molar-refractivity contribution in [2.45, 2.75) is 31.6 Å². The van der Waals surface area contributed by atoms with Gasteiger partial charge in [-0.2, -0.15) is 0 Å². The van der Waals surface area contributed by atoms with E-state index in [2.05, 4.69) is 38.1 Å². The number of hydrogen-bond donors (Lipinski definition) is 2. The average Bonchev–Trinajstić information content (AvgIpc) is 3.26. The Morgan fingerprint density at radius 1 is 1.28 bits per heavy atom. The van der Waals surface area contributed by atoms with Gasteiger partial charge < -0.3 is 10.6 Å². The monoisotopic (exact) mass is 490 g/mol. The maximum Gasteiger partial charge on any atom is 0.191 e. The minimum atomic E-state index is 0. The van der Waals surface area contributed by atoms with Crippen molar-refractivity contribution in [2.75, 3.05) is 20.1 Å². The molecular formula is C18H24ClIN4S. The van der Waals surface area contributed by atoms with E-state index in [0.29, 0.717) is 0 Å². The normalized spacial score (nSPS) is 15.4. The molecule has 2 N–H and O–H groups in total. The molecular weight excluding hydrogens is 467 g/mol. The predicted octanol–water partition coefficient (Wildman–Crippen LogP) is 4.16. The fraction of sp³-hybridized carbons (Fsp3) is 0.444. The summed E-state index contributed by atoms with van der Waals surface area (Å²) in [6.07, 6.45) is 3.32. The van der Waals surface area contributed by atoms with Gasteiger partial charge in [-0.3, -0.25) is 4.99 Å². The van der Waals surface area contributed by atoms with Crippen molar-refractivity contribution in [3.8, 4) is 0 Å². The summed E-state index contributed by atoms with van der Waals surface area (Å²) in [6, 6.07) is 8.22. The van der Waals surface area contributed by atoms with Crippen molar-refractivity contribution in [1.82, 2.24) is 15.6 Å². The summed E-state index contributed by atoms with van der Waals surface area (Å²) in [5, 5.41) is 10.9. The second kappa shape index (κ2) is 9.19. The Labute approximate surface area is 175 Å². The maximum absolute atomic E-state index is 5.99. The highest BCUT2D eigenvalue weighted by Gasteiger charge is 2.44. The van der Waals surface area contributed by atoms with E-state index in [-0.39, 0.29) is 29.4 Å². The first-order valence-electron chi connectivity index (χ1n) is 8.23. The molecule has 1 saturated carbocycles. The number of nitrogens with zero attached hydrogens (tertiary/aromatic N) is 2. The first-order chi connectivity index (χ1) is 11.6. The number of halogens is 2. The van der Waals surface area contributed by atoms with Gasteiger partial charge in [0.05, 0.1) is 10.7 Å². The van der Waals surface area contributed by atoms with Gasteiger partial charge in [0.15, 0.2) is 5.96 Å². The van der Waals surface area contributed by atoms with Crippen LogP contribution in [0.2, 0.25) is 5.02 Å². The number of benzene rings is 1. The van der Waals surface area contributed by atoms with Crippen molar-refractivity contribution >= 4 is 52.9 Å². The molecule has 0 bridgehead atoms. The van der Waals surface area contributed by atoms with E-state index in [4.69, 9.17) is 11.6 Å². The number of guanidine groups is 1. The highest BCUT2D eigenvalue weighted by atomic mass is 127. The first kappa shape index (κ1) is 20.5. The Balaban J connectivity index is 0.00000225. The standard InChI is InChI=1S/C18H23ClN4S.HI/c1-13-23-16(11-24-13)7-10-21-17(20-2)22-12-18(8-9-18)14-3-5-15(19)6-4-14;/h3-6,11H,7-10,12H2,1-2H3,(H2,20,21,22);1H. The number of nitrogens with one attached hydrogen (secondary N) is 2. The number of rotatable bonds is 6. The number of hydrogen-bond acceptors (Lipinski definition) is 3. The lowest BCUT2D eigenvalue weighted by atomic mass is 9.96. The molecule has 3 rings (SSSR count). The van der Waals surface area contributed by atoms with Crippen molar-refractivity contribution < 1.29 is 0 Å². The molecule has 0 radical (unpaired) electrons. The van der Waals surface area contributed by atoms with Gasteiger partial charge in [-0.1, -0.05) is 23.7 Å². The lowest BCUT2D eigenvalue weighted by molar-refractivity contribution is 0.645. The molecule has 1 aliphatic rings. The minimum Gasteiger partial charge on any atom is -0.356 e. The van der Waals surface area contributed by atoms with E-state index in [1.54, 1.807) is 11.3 Å². The van der Waals surface area contributed by atoms with Crippen LogP contribution in [0.1, 0.15) is 29.1 Å². The Hall–Kier alpha value is -0.860. The smallest absolute Gasteiger partial charge is 0.191 e. The molecule has 25 heavy (non-hydrogen) atoms. The minimum absolute atomic E-state index is 0. The average molecular weight is 491 g/mol. The highest BCUT2D eigenvalue weighted by Crippen LogP contribution is 2.47. The van der Waals surface area contributed by atoms with E-state index in [1.807, 2.05) is 26.1 Å². The molecule has 1 heterocycles. The zero-order valence-electron chi connectivity index (χ0n) is 14.5. The lowest BCUT2D eigenvalue weighted by Gasteiger charge is -2.19. The lowest BCUT2D eigenvalue weighted by Crippen LogP contribution is -2.42. The summed E-state index contributed by atoms with van der Waals surface area (Å²) < 4.78 is 0. The molecule has 4 nitrogen and oxygen atoms in total. The molecule has 0 aliphatic heterocycles. The quantitative estimate of drug-likeness (QED) is 0.363. The van der Waals surface area contributed by atoms with E-state index in [1.165, 1.54) is 18.4 Å². The molecule has 0 saturated heterocycles. The van der Waals surface area contributed by atoms with Gasteiger partial charge in [0, 0.05) is 42.4 Å². The number of aliphatic imine (C=N–C) groups is 1. The second-order valence-corrected chi connectivity index (χ2v) is 7.75. The molecule has 7 heteroatoms. The first-order valence-corrected chi connectivity index (χ1v) is 9.49.